The number of aromatic nitrogens is 6. The van der Waals surface area contributed by atoms with Crippen LogP contribution in [0.15, 0.2) is 59.6 Å². The molecule has 0 saturated carbocycles. The van der Waals surface area contributed by atoms with E-state index in [1.54, 1.807) is 0 Å². The number of hydrogen-bond acceptors (Lipinski definition) is 6. The second kappa shape index (κ2) is 12.3. The van der Waals surface area contributed by atoms with E-state index in [0.29, 0.717) is 25.2 Å². The molecular weight excluding hydrogens is 514 g/mol. The quantitative estimate of drug-likeness (QED) is 0.241. The molecule has 2 heterocycles. The largest absolute Gasteiger partial charge is 0.327 e. The fourth-order valence-corrected chi connectivity index (χ4v) is 5.17. The molecule has 9 nitrogen and oxygen atoms in total. The Morgan fingerprint density at radius 2 is 1.88 bits per heavy atom. The summed E-state index contributed by atoms with van der Waals surface area (Å²) < 4.78 is 2.29. The molecule has 0 saturated heterocycles. The van der Waals surface area contributed by atoms with Crippen molar-refractivity contribution in [3.8, 4) is 22.5 Å². The summed E-state index contributed by atoms with van der Waals surface area (Å²) in [5.41, 5.74) is 6.56. The molecule has 0 bridgehead atoms. The monoisotopic (exact) mass is 549 g/mol. The predicted octanol–water partition coefficient (Wildman–Crippen LogP) is 5.66. The molecule has 0 fully saturated rings. The molecule has 0 spiro atoms. The van der Waals surface area contributed by atoms with Crippen LogP contribution < -0.4 is 0 Å². The van der Waals surface area contributed by atoms with Gasteiger partial charge >= 0.3 is 0 Å². The maximum atomic E-state index is 12.7. The van der Waals surface area contributed by atoms with Gasteiger partial charge in [0.05, 0.1) is 17.1 Å². The number of H-pyrrole nitrogens is 1. The summed E-state index contributed by atoms with van der Waals surface area (Å²) >= 11 is 0. The molecule has 1 aliphatic carbocycles. The first-order valence-corrected chi connectivity index (χ1v) is 14.1. The van der Waals surface area contributed by atoms with Gasteiger partial charge in [-0.3, -0.25) is 4.79 Å². The van der Waals surface area contributed by atoms with Crippen LogP contribution in [0.4, 0.5) is 0 Å². The van der Waals surface area contributed by atoms with Gasteiger partial charge in [-0.15, -0.1) is 5.10 Å². The Bertz CT molecular complexity index is 1580. The van der Waals surface area contributed by atoms with Gasteiger partial charge in [0.15, 0.2) is 5.82 Å². The van der Waals surface area contributed by atoms with E-state index in [-0.39, 0.29) is 12.3 Å². The normalized spacial score (nSPS) is 13.9. The van der Waals surface area contributed by atoms with E-state index >= 15 is 0 Å². The number of hydrogen-bond donors (Lipinski definition) is 1. The van der Waals surface area contributed by atoms with E-state index in [4.69, 9.17) is 4.98 Å². The Labute approximate surface area is 239 Å². The minimum atomic E-state index is -0.403. The Morgan fingerprint density at radius 3 is 2.59 bits per heavy atom. The highest BCUT2D eigenvalue weighted by molar-refractivity contribution is 6.07. The molecule has 0 aliphatic heterocycles. The van der Waals surface area contributed by atoms with Crippen LogP contribution in [-0.2, 0) is 29.0 Å². The summed E-state index contributed by atoms with van der Waals surface area (Å²) in [4.78, 5) is 33.1. The van der Waals surface area contributed by atoms with Crippen molar-refractivity contribution in [2.75, 3.05) is 0 Å². The van der Waals surface area contributed by atoms with Crippen LogP contribution in [0.5, 0.6) is 0 Å². The van der Waals surface area contributed by atoms with Gasteiger partial charge in [-0.25, -0.2) is 15.1 Å². The summed E-state index contributed by atoms with van der Waals surface area (Å²) in [6.07, 6.45) is 8.86. The van der Waals surface area contributed by atoms with Crippen LogP contribution in [-0.4, -0.2) is 48.1 Å². The van der Waals surface area contributed by atoms with Gasteiger partial charge in [0.1, 0.15) is 12.1 Å². The lowest BCUT2D eigenvalue weighted by atomic mass is 9.86. The predicted molar refractivity (Wildman–Crippen MR) is 159 cm³/mol. The number of aromatic amines is 1. The van der Waals surface area contributed by atoms with E-state index in [1.165, 1.54) is 0 Å². The zero-order valence-corrected chi connectivity index (χ0v) is 23.8. The molecule has 0 unspecified atom stereocenters. The Hall–Kier alpha value is -4.53. The highest BCUT2D eigenvalue weighted by Crippen LogP contribution is 2.30. The zero-order valence-electron chi connectivity index (χ0n) is 23.8. The number of aliphatic imine (C=N–C) groups is 1. The number of fused-ring (bicyclic) bond motifs is 1. The van der Waals surface area contributed by atoms with E-state index in [9.17, 15) is 9.59 Å². The van der Waals surface area contributed by atoms with Gasteiger partial charge in [-0.05, 0) is 51.1 Å². The van der Waals surface area contributed by atoms with Gasteiger partial charge in [0, 0.05) is 37.8 Å². The molecule has 41 heavy (non-hydrogen) atoms. The number of nitrogens with zero attached hydrogens (tertiary/aromatic N) is 6. The van der Waals surface area contributed by atoms with Crippen LogP contribution in [0.25, 0.3) is 28.6 Å². The van der Waals surface area contributed by atoms with E-state index in [0.717, 1.165) is 70.7 Å². The average molecular weight is 550 g/mol. The number of nitrogens with one attached hydrogen (secondary N) is 1. The van der Waals surface area contributed by atoms with Crippen molar-refractivity contribution in [2.24, 2.45) is 10.4 Å². The minimum absolute atomic E-state index is 0.200. The van der Waals surface area contributed by atoms with Crippen LogP contribution in [0, 0.1) is 5.41 Å². The third-order valence-corrected chi connectivity index (χ3v) is 7.39. The summed E-state index contributed by atoms with van der Waals surface area (Å²) in [6.45, 7) is 6.69. The van der Waals surface area contributed by atoms with Crippen molar-refractivity contribution in [1.29, 1.82) is 0 Å². The number of benzene rings is 2. The number of tetrazole rings is 1. The minimum Gasteiger partial charge on any atom is -0.327 e. The summed E-state index contributed by atoms with van der Waals surface area (Å²) in [7, 11) is 0. The number of allylic oxidation sites excluding steroid dienone is 1. The van der Waals surface area contributed by atoms with Crippen molar-refractivity contribution < 1.29 is 9.59 Å². The van der Waals surface area contributed by atoms with Crippen LogP contribution in [0.1, 0.15) is 69.2 Å². The van der Waals surface area contributed by atoms with E-state index < -0.39 is 5.41 Å². The molecule has 210 valence electrons. The van der Waals surface area contributed by atoms with Crippen LogP contribution >= 0.6 is 0 Å². The van der Waals surface area contributed by atoms with Gasteiger partial charge in [0.2, 0.25) is 5.91 Å². The van der Waals surface area contributed by atoms with Crippen molar-refractivity contribution in [3.63, 3.8) is 0 Å². The molecule has 2 aromatic heterocycles. The Kier molecular flexibility index (Phi) is 8.42. The van der Waals surface area contributed by atoms with Gasteiger partial charge < -0.3 is 9.36 Å². The lowest BCUT2D eigenvalue weighted by molar-refractivity contribution is -0.120. The van der Waals surface area contributed by atoms with Crippen molar-refractivity contribution >= 4 is 24.0 Å². The summed E-state index contributed by atoms with van der Waals surface area (Å²) in [5.74, 6) is 1.48. The molecule has 1 N–H and O–H groups in total. The molecule has 1 aliphatic rings. The number of carbonyl (C=O) groups is 2. The number of unbranched alkanes of at least 4 members (excludes halogenated alkanes) is 1. The topological polar surface area (TPSA) is 119 Å². The van der Waals surface area contributed by atoms with Crippen molar-refractivity contribution in [1.82, 2.24) is 30.2 Å². The number of rotatable bonds is 11. The molecule has 1 amide bonds. The van der Waals surface area contributed by atoms with Crippen molar-refractivity contribution in [3.05, 3.63) is 77.4 Å². The maximum Gasteiger partial charge on any atom is 0.246 e. The number of aryl methyl sites for hydroxylation is 1. The molecule has 9 heteroatoms. The average Bonchev–Trinajstić information content (AvgIpc) is 3.61. The fourth-order valence-electron chi connectivity index (χ4n) is 5.17. The SMILES string of the molecule is CCCCc1nc2c(n1Cc1ccc(-c3ccccc3-c3nnn[nH]3)cc1)CC(=NC(=O)CC(C)(C)CC=O)C=C2. The number of amides is 1. The summed E-state index contributed by atoms with van der Waals surface area (Å²) in [6, 6.07) is 16.6. The van der Waals surface area contributed by atoms with Gasteiger partial charge in [-0.2, -0.15) is 0 Å². The highest BCUT2D eigenvalue weighted by Gasteiger charge is 2.24. The zero-order chi connectivity index (χ0) is 28.8. The first-order valence-electron chi connectivity index (χ1n) is 14.1. The van der Waals surface area contributed by atoms with E-state index in [1.807, 2.05) is 44.2 Å². The second-order valence-corrected chi connectivity index (χ2v) is 11.3. The standard InChI is InChI=1S/C32H35N7O2/c1-4-5-10-29-34-27-16-15-24(33-30(41)20-32(2,3)17-18-40)19-28(27)39(29)21-22-11-13-23(14-12-22)25-8-6-7-9-26(25)31-35-37-38-36-31/h6-9,11-16,18H,4-5,10,17,19-21H2,1-3H3,(H,35,36,37,38). The molecule has 0 atom stereocenters. The summed E-state index contributed by atoms with van der Waals surface area (Å²) in [5, 5.41) is 14.4. The fraction of sp³-hybridized carbons (Fsp3) is 0.344. The highest BCUT2D eigenvalue weighted by atomic mass is 16.1. The maximum absolute atomic E-state index is 12.7. The second-order valence-electron chi connectivity index (χ2n) is 11.3. The molecular formula is C32H35N7O2. The lowest BCUT2D eigenvalue weighted by Crippen LogP contribution is -2.19. The van der Waals surface area contributed by atoms with Crippen LogP contribution in [0.2, 0.25) is 0 Å². The first kappa shape index (κ1) is 28.0. The lowest BCUT2D eigenvalue weighted by Gasteiger charge is -2.19. The third kappa shape index (κ3) is 6.62. The molecule has 2 aromatic carbocycles. The van der Waals surface area contributed by atoms with E-state index in [2.05, 4.69) is 67.4 Å². The van der Waals surface area contributed by atoms with Gasteiger partial charge in [-0.1, -0.05) is 75.7 Å². The molecule has 0 radical (unpaired) electrons. The first-order chi connectivity index (χ1) is 19.9. The number of aldehydes is 1. The third-order valence-electron chi connectivity index (χ3n) is 7.39. The molecule has 5 rings (SSSR count). The number of imidazole rings is 1. The Morgan fingerprint density at radius 1 is 1.10 bits per heavy atom. The smallest absolute Gasteiger partial charge is 0.246 e. The Balaban J connectivity index is 1.39. The molecule has 4 aromatic rings. The number of carbonyl (C=O) groups excluding carboxylic acids is 2. The van der Waals surface area contributed by atoms with Crippen LogP contribution in [0.3, 0.4) is 0 Å². The van der Waals surface area contributed by atoms with Crippen molar-refractivity contribution in [2.45, 2.75) is 65.8 Å². The van der Waals surface area contributed by atoms with Gasteiger partial charge in [0.25, 0.3) is 0 Å².